The number of aromatic nitrogens is 1. The number of amides is 13. The molecule has 0 spiro atoms. The number of carboxylic acids is 2. The van der Waals surface area contributed by atoms with Gasteiger partial charge in [0.1, 0.15) is 66.5 Å². The number of aliphatic hydroxyl groups is 3. The number of benzene rings is 2. The normalized spacial score (nSPS) is 16.1. The first kappa shape index (κ1) is 92.9. The summed E-state index contributed by atoms with van der Waals surface area (Å²) in [6.45, 7) is 12.1. The molecule has 1 aliphatic rings. The lowest BCUT2D eigenvalue weighted by molar-refractivity contribution is -0.143. The quantitative estimate of drug-likeness (QED) is 0.0259. The summed E-state index contributed by atoms with van der Waals surface area (Å²) in [6.07, 6.45) is 2.48. The minimum absolute atomic E-state index is 0.0399. The van der Waals surface area contributed by atoms with Crippen LogP contribution >= 0.6 is 0 Å². The second kappa shape index (κ2) is 47.5. The Morgan fingerprint density at radius 1 is 0.514 bits per heavy atom. The molecule has 0 unspecified atom stereocenters. The average Bonchev–Trinajstić information content (AvgIpc) is 1.74. The molecule has 20 N–H and O–H groups in total. The summed E-state index contributed by atoms with van der Waals surface area (Å²) in [5, 5.41) is 77.1. The number of rotatable bonds is 49. The van der Waals surface area contributed by atoms with Crippen LogP contribution in [0.15, 0.2) is 60.8 Å². The number of likely N-dealkylation sites (tertiary alicyclic amines) is 1. The average molecular weight is 1560 g/mol. The first-order chi connectivity index (χ1) is 52.5. The van der Waals surface area contributed by atoms with Crippen molar-refractivity contribution in [2.75, 3.05) is 13.2 Å². The topological polar surface area (TPSA) is 549 Å². The molecule has 1 aliphatic heterocycles. The predicted molar refractivity (Wildman–Crippen MR) is 406 cm³/mol. The fourth-order valence-electron chi connectivity index (χ4n) is 12.5. The molecule has 34 heteroatoms. The molecular formula is C77H114N14O20. The lowest BCUT2D eigenvalue weighted by Crippen LogP contribution is -2.62. The molecule has 612 valence electrons. The molecule has 14 atom stereocenters. The van der Waals surface area contributed by atoms with Crippen molar-refractivity contribution < 1.29 is 97.5 Å². The molecule has 1 saturated heterocycles. The molecule has 2 aromatic carbocycles. The lowest BCUT2D eigenvalue weighted by Gasteiger charge is -2.30. The van der Waals surface area contributed by atoms with Gasteiger partial charge in [-0.25, -0.2) is 9.59 Å². The van der Waals surface area contributed by atoms with Gasteiger partial charge in [-0.05, 0) is 107 Å². The molecule has 3 aromatic rings. The summed E-state index contributed by atoms with van der Waals surface area (Å²) < 4.78 is 0. The number of carbonyl (C=O) groups is 15. The highest BCUT2D eigenvalue weighted by Gasteiger charge is 2.40. The molecule has 0 saturated carbocycles. The summed E-state index contributed by atoms with van der Waals surface area (Å²) in [6, 6.07) is -0.398. The highest BCUT2D eigenvalue weighted by molar-refractivity contribution is 6.00. The Kier molecular flexibility index (Phi) is 39.7. The molecule has 0 bridgehead atoms. The molecule has 1 aromatic heterocycles. The van der Waals surface area contributed by atoms with Crippen LogP contribution < -0.4 is 64.6 Å². The van der Waals surface area contributed by atoms with Crippen LogP contribution in [0.25, 0.3) is 10.9 Å². The van der Waals surface area contributed by atoms with Crippen LogP contribution in [-0.2, 0) is 84.8 Å². The van der Waals surface area contributed by atoms with Crippen molar-refractivity contribution in [1.82, 2.24) is 63.1 Å². The first-order valence-corrected chi connectivity index (χ1v) is 37.9. The van der Waals surface area contributed by atoms with Gasteiger partial charge < -0.3 is 100 Å². The van der Waals surface area contributed by atoms with Crippen LogP contribution in [0.1, 0.15) is 182 Å². The van der Waals surface area contributed by atoms with E-state index >= 15 is 0 Å². The summed E-state index contributed by atoms with van der Waals surface area (Å²) in [5.74, 6) is -8.67. The largest absolute Gasteiger partial charge is 0.480 e. The Balaban J connectivity index is 1.22. The van der Waals surface area contributed by atoms with Gasteiger partial charge in [-0.2, -0.15) is 0 Å². The third kappa shape index (κ3) is 32.1. The van der Waals surface area contributed by atoms with E-state index in [1.54, 1.807) is 84.1 Å². The monoisotopic (exact) mass is 1550 g/mol. The van der Waals surface area contributed by atoms with Gasteiger partial charge in [-0.1, -0.05) is 109 Å². The van der Waals surface area contributed by atoms with Crippen LogP contribution in [0, 0.1) is 29.6 Å². The number of primary amides is 2. The Labute approximate surface area is 646 Å². The van der Waals surface area contributed by atoms with Crippen molar-refractivity contribution in [3.8, 4) is 11.8 Å². The SMILES string of the molecule is CC[C@H](C)[C@H](NC(=O)[C@H](CCC(N)=O)NC(=O)[C@@H]1CCCN1C(=O)CCCCCC#CCCCCCC(=O)N[C@@H](CO)C(=O)N[C@H](C(=O)N[C@@H](CC(C)C)C(=O)N[C@@H](CC(N)=O)C(=O)N[C@@H](Cc1ccccc1)C(=O)O)[C@@H](C)O)C(=O)N[C@H](C(=O)N[C@@H](CC(C)C)C(=O)N[C@@H](Cc1c[nH]c2ccccc12)C(=O)O)[C@@H](C)O. The Morgan fingerprint density at radius 3 is 1.51 bits per heavy atom. The Morgan fingerprint density at radius 2 is 0.991 bits per heavy atom. The number of fused-ring (bicyclic) bond motifs is 1. The molecule has 2 heterocycles. The molecule has 1 fully saturated rings. The predicted octanol–water partition coefficient (Wildman–Crippen LogP) is -0.101. The number of carbonyl (C=O) groups excluding carboxylic acids is 13. The number of aliphatic carboxylic acids is 2. The third-order valence-corrected chi connectivity index (χ3v) is 18.8. The second-order valence-corrected chi connectivity index (χ2v) is 29.1. The van der Waals surface area contributed by atoms with E-state index < -0.39 is 180 Å². The Bertz CT molecular complexity index is 3720. The van der Waals surface area contributed by atoms with E-state index in [0.29, 0.717) is 75.3 Å². The summed E-state index contributed by atoms with van der Waals surface area (Å²) >= 11 is 0. The van der Waals surface area contributed by atoms with Crippen molar-refractivity contribution in [1.29, 1.82) is 0 Å². The molecule has 0 aliphatic carbocycles. The van der Waals surface area contributed by atoms with Gasteiger partial charge in [0.15, 0.2) is 0 Å². The van der Waals surface area contributed by atoms with E-state index in [9.17, 15) is 97.5 Å². The van der Waals surface area contributed by atoms with Crippen molar-refractivity contribution in [3.05, 3.63) is 71.9 Å². The molecule has 0 radical (unpaired) electrons. The molecule has 13 amide bonds. The highest BCUT2D eigenvalue weighted by atomic mass is 16.4. The van der Waals surface area contributed by atoms with Crippen LogP contribution in [0.5, 0.6) is 0 Å². The van der Waals surface area contributed by atoms with E-state index in [-0.39, 0.29) is 82.1 Å². The number of aliphatic hydroxyl groups excluding tert-OH is 3. The van der Waals surface area contributed by atoms with Gasteiger partial charge in [0.05, 0.1) is 25.2 Å². The second-order valence-electron chi connectivity index (χ2n) is 29.1. The van der Waals surface area contributed by atoms with E-state index in [2.05, 4.69) is 70.0 Å². The first-order valence-electron chi connectivity index (χ1n) is 37.9. The zero-order valence-corrected chi connectivity index (χ0v) is 64.5. The van der Waals surface area contributed by atoms with Gasteiger partial charge >= 0.3 is 11.9 Å². The van der Waals surface area contributed by atoms with Crippen LogP contribution in [-0.4, -0.2) is 216 Å². The third-order valence-electron chi connectivity index (χ3n) is 18.8. The number of nitrogens with two attached hydrogens (primary N) is 2. The fraction of sp³-hybridized carbons (Fsp3) is 0.597. The smallest absolute Gasteiger partial charge is 0.326 e. The number of hydrogen-bond donors (Lipinski definition) is 18. The fourth-order valence-corrected chi connectivity index (χ4v) is 12.5. The van der Waals surface area contributed by atoms with Crippen LogP contribution in [0.2, 0.25) is 0 Å². The van der Waals surface area contributed by atoms with Crippen molar-refractivity contribution in [2.45, 2.75) is 262 Å². The van der Waals surface area contributed by atoms with Crippen LogP contribution in [0.4, 0.5) is 0 Å². The van der Waals surface area contributed by atoms with Gasteiger partial charge in [-0.3, -0.25) is 62.3 Å². The summed E-state index contributed by atoms with van der Waals surface area (Å²) in [4.78, 5) is 204. The van der Waals surface area contributed by atoms with Gasteiger partial charge in [0.25, 0.3) is 0 Å². The van der Waals surface area contributed by atoms with Crippen LogP contribution in [0.3, 0.4) is 0 Å². The minimum atomic E-state index is -1.73. The number of carboxylic acid groups (broad SMARTS) is 2. The number of hydrogen-bond acceptors (Lipinski definition) is 18. The molecule has 4 rings (SSSR count). The highest BCUT2D eigenvalue weighted by Crippen LogP contribution is 2.23. The summed E-state index contributed by atoms with van der Waals surface area (Å²) in [5.41, 5.74) is 12.8. The maximum absolute atomic E-state index is 14.2. The zero-order chi connectivity index (χ0) is 82.6. The number of nitrogens with zero attached hydrogens (tertiary/aromatic N) is 1. The van der Waals surface area contributed by atoms with E-state index in [4.69, 9.17) is 11.5 Å². The van der Waals surface area contributed by atoms with Crippen molar-refractivity contribution >= 4 is 99.6 Å². The van der Waals surface area contributed by atoms with Crippen molar-refractivity contribution in [3.63, 3.8) is 0 Å². The maximum atomic E-state index is 14.2. The zero-order valence-electron chi connectivity index (χ0n) is 64.5. The molecule has 34 nitrogen and oxygen atoms in total. The van der Waals surface area contributed by atoms with Gasteiger partial charge in [0.2, 0.25) is 76.8 Å². The van der Waals surface area contributed by atoms with E-state index in [0.717, 1.165) is 10.9 Å². The molecular weight excluding hydrogens is 1440 g/mol. The van der Waals surface area contributed by atoms with Crippen molar-refractivity contribution in [2.24, 2.45) is 29.2 Å². The Hall–Kier alpha value is -10.5. The molecule has 111 heavy (non-hydrogen) atoms. The van der Waals surface area contributed by atoms with Gasteiger partial charge in [-0.15, -0.1) is 11.8 Å². The number of nitrogens with one attached hydrogen (secondary N) is 11. The van der Waals surface area contributed by atoms with Gasteiger partial charge in [0, 0.05) is 68.6 Å². The number of H-pyrrole nitrogens is 1. The lowest BCUT2D eigenvalue weighted by atomic mass is 9.96. The van der Waals surface area contributed by atoms with E-state index in [1.807, 2.05) is 18.2 Å². The van der Waals surface area contributed by atoms with E-state index in [1.165, 1.54) is 18.7 Å². The number of aromatic amines is 1. The maximum Gasteiger partial charge on any atom is 0.326 e. The number of unbranched alkanes of at least 4 members (excludes halogenated alkanes) is 6. The minimum Gasteiger partial charge on any atom is -0.480 e. The number of para-hydroxylation sites is 1. The standard InChI is InChI=1S/C77H114N14O20/c1-9-45(6)64(73(105)90-66(47(8)94)75(107)85-54(37-44(4)5)69(101)87-57(77(110)111)39-49-41-80-51-29-24-23-28-50(49)51)88-67(99)52(33-34-60(78)95)82-72(104)59-30-25-35-91(59)63(98)32-22-17-15-13-11-10-12-14-16-21-31-62(97)81-58(42-92)71(103)89-65(46(7)93)74(106)84-53(36-43(2)3)68(100)83-55(40-61(79)96)70(102)86-56(76(108)109)38-48-26-19-18-20-27-48/h18-20,23-24,26-29,41,43-47,52-59,64-66,80,92-94H,9,12-17,21-22,25,30-40,42H2,1-8H3,(H2,78,95)(H2,79,96)(H,81,97)(H,82,104)(H,83,100)(H,84,106)(H,85,107)(H,86,102)(H,87,101)(H,88,99)(H,89,103)(H,90,105)(H,108,109)(H,110,111)/t45-,46+,47+,52-,53-,54-,55-,56-,57-,58-,59-,64-,65-,66-/m0/s1. The summed E-state index contributed by atoms with van der Waals surface area (Å²) in [7, 11) is 0.